The van der Waals surface area contributed by atoms with Crippen LogP contribution in [0.4, 0.5) is 5.82 Å². The number of hydrogen-bond donors (Lipinski definition) is 3. The molecule has 0 aliphatic heterocycles. The molecule has 0 saturated carbocycles. The van der Waals surface area contributed by atoms with Crippen LogP contribution in [0, 0.1) is 0 Å². The summed E-state index contributed by atoms with van der Waals surface area (Å²) in [5.41, 5.74) is 10.7. The molecule has 0 atom stereocenters. The van der Waals surface area contributed by atoms with Gasteiger partial charge in [0.15, 0.2) is 5.65 Å². The Bertz CT molecular complexity index is 1480. The first-order valence-electron chi connectivity index (χ1n) is 10.1. The van der Waals surface area contributed by atoms with Crippen LogP contribution in [0.15, 0.2) is 59.8 Å². The molecule has 32 heavy (non-hydrogen) atoms. The number of anilines is 1. The third-order valence-corrected chi connectivity index (χ3v) is 5.23. The molecule has 2 aromatic carbocycles. The maximum Gasteiger partial charge on any atom is 0.257 e. The summed E-state index contributed by atoms with van der Waals surface area (Å²) in [6.07, 6.45) is 3.56. The zero-order valence-electron chi connectivity index (χ0n) is 17.4. The largest absolute Gasteiger partial charge is 0.383 e. The van der Waals surface area contributed by atoms with Gasteiger partial charge in [-0.15, -0.1) is 0 Å². The molecular formula is C23H21N7O2. The number of carbonyl (C=O) groups excluding carboxylic acids is 1. The predicted octanol–water partition coefficient (Wildman–Crippen LogP) is 2.91. The lowest BCUT2D eigenvalue weighted by Gasteiger charge is -2.04. The van der Waals surface area contributed by atoms with E-state index in [1.54, 1.807) is 13.3 Å². The summed E-state index contributed by atoms with van der Waals surface area (Å²) < 4.78 is 6.48. The van der Waals surface area contributed by atoms with Crippen molar-refractivity contribution in [3.63, 3.8) is 0 Å². The molecule has 9 nitrogen and oxygen atoms in total. The molecule has 3 heterocycles. The monoisotopic (exact) mass is 427 g/mol. The molecule has 4 N–H and O–H groups in total. The second-order valence-corrected chi connectivity index (χ2v) is 7.24. The Hall–Kier alpha value is -4.24. The Kier molecular flexibility index (Phi) is 5.00. The predicted molar refractivity (Wildman–Crippen MR) is 125 cm³/mol. The molecule has 0 saturated heterocycles. The number of H-pyrrole nitrogens is 1. The molecule has 0 fully saturated rings. The number of nitrogens with two attached hydrogens (primary N) is 1. The summed E-state index contributed by atoms with van der Waals surface area (Å²) in [5, 5.41) is 8.41. The average Bonchev–Trinajstić information content (AvgIpc) is 3.34. The van der Waals surface area contributed by atoms with Gasteiger partial charge >= 0.3 is 0 Å². The van der Waals surface area contributed by atoms with Gasteiger partial charge in [-0.05, 0) is 18.2 Å². The SMILES string of the molecule is COCCNC(=O)c1c(N)n(/N=C/c2c[nH]c3ccccc23)c2nc3ccccc3nc12. The highest BCUT2D eigenvalue weighted by molar-refractivity contribution is 6.11. The van der Waals surface area contributed by atoms with Crippen LogP contribution in [0.3, 0.4) is 0 Å². The van der Waals surface area contributed by atoms with Crippen LogP contribution >= 0.6 is 0 Å². The number of nitrogen functional groups attached to an aromatic ring is 1. The molecule has 0 spiro atoms. The van der Waals surface area contributed by atoms with E-state index in [2.05, 4.69) is 20.4 Å². The van der Waals surface area contributed by atoms with Crippen LogP contribution in [0.25, 0.3) is 33.1 Å². The summed E-state index contributed by atoms with van der Waals surface area (Å²) in [6.45, 7) is 0.735. The number of aromatic amines is 1. The third-order valence-electron chi connectivity index (χ3n) is 5.23. The van der Waals surface area contributed by atoms with Gasteiger partial charge in [-0.25, -0.2) is 9.97 Å². The number of benzene rings is 2. The van der Waals surface area contributed by atoms with Gasteiger partial charge in [0.1, 0.15) is 16.9 Å². The molecule has 0 aliphatic rings. The fourth-order valence-electron chi connectivity index (χ4n) is 3.66. The average molecular weight is 427 g/mol. The number of nitrogens with zero attached hydrogens (tertiary/aromatic N) is 4. The molecular weight excluding hydrogens is 406 g/mol. The van der Waals surface area contributed by atoms with Crippen LogP contribution in [-0.4, -0.2) is 52.0 Å². The number of carbonyl (C=O) groups is 1. The highest BCUT2D eigenvalue weighted by Crippen LogP contribution is 2.28. The molecule has 0 unspecified atom stereocenters. The van der Waals surface area contributed by atoms with E-state index >= 15 is 0 Å². The lowest BCUT2D eigenvalue weighted by Crippen LogP contribution is -2.27. The molecule has 0 radical (unpaired) electrons. The first-order valence-corrected chi connectivity index (χ1v) is 10.1. The van der Waals surface area contributed by atoms with Crippen molar-refractivity contribution < 1.29 is 9.53 Å². The van der Waals surface area contributed by atoms with Gasteiger partial charge in [-0.3, -0.25) is 4.79 Å². The van der Waals surface area contributed by atoms with Crippen LogP contribution in [0.2, 0.25) is 0 Å². The number of amides is 1. The van der Waals surface area contributed by atoms with Gasteiger partial charge in [0.25, 0.3) is 5.91 Å². The van der Waals surface area contributed by atoms with Crippen molar-refractivity contribution in [3.05, 3.63) is 65.9 Å². The van der Waals surface area contributed by atoms with Crippen LogP contribution in [0.5, 0.6) is 0 Å². The van der Waals surface area contributed by atoms with Crippen molar-refractivity contribution in [1.29, 1.82) is 0 Å². The van der Waals surface area contributed by atoms with E-state index in [1.165, 1.54) is 4.68 Å². The minimum atomic E-state index is -0.352. The molecule has 5 aromatic rings. The van der Waals surface area contributed by atoms with Crippen LogP contribution in [-0.2, 0) is 4.74 Å². The molecule has 160 valence electrons. The number of fused-ring (bicyclic) bond motifs is 3. The van der Waals surface area contributed by atoms with Crippen molar-refractivity contribution in [2.75, 3.05) is 26.0 Å². The Morgan fingerprint density at radius 1 is 1.19 bits per heavy atom. The minimum absolute atomic E-state index is 0.168. The summed E-state index contributed by atoms with van der Waals surface area (Å²) in [7, 11) is 1.57. The second kappa shape index (κ2) is 8.12. The molecule has 5 rings (SSSR count). The Balaban J connectivity index is 1.66. The van der Waals surface area contributed by atoms with Gasteiger partial charge in [0, 0.05) is 36.3 Å². The van der Waals surface area contributed by atoms with E-state index in [4.69, 9.17) is 15.5 Å². The smallest absolute Gasteiger partial charge is 0.257 e. The molecule has 1 amide bonds. The molecule has 0 bridgehead atoms. The summed E-state index contributed by atoms with van der Waals surface area (Å²) >= 11 is 0. The first kappa shape index (κ1) is 19.7. The number of para-hydroxylation sites is 3. The van der Waals surface area contributed by atoms with Crippen LogP contribution < -0.4 is 11.1 Å². The second-order valence-electron chi connectivity index (χ2n) is 7.24. The highest BCUT2D eigenvalue weighted by Gasteiger charge is 2.23. The number of ether oxygens (including phenoxy) is 1. The fourth-order valence-corrected chi connectivity index (χ4v) is 3.66. The molecule has 9 heteroatoms. The number of rotatable bonds is 6. The fraction of sp³-hybridized carbons (Fsp3) is 0.130. The van der Waals surface area contributed by atoms with E-state index < -0.39 is 0 Å². The zero-order valence-corrected chi connectivity index (χ0v) is 17.4. The Labute approximate surface area is 182 Å². The maximum atomic E-state index is 12.9. The molecule has 3 aromatic heterocycles. The molecule has 0 aliphatic carbocycles. The topological polar surface area (TPSA) is 123 Å². The normalized spacial score (nSPS) is 11.8. The lowest BCUT2D eigenvalue weighted by molar-refractivity contribution is 0.0939. The van der Waals surface area contributed by atoms with Crippen molar-refractivity contribution in [2.24, 2.45) is 5.10 Å². The Morgan fingerprint density at radius 3 is 2.75 bits per heavy atom. The maximum absolute atomic E-state index is 12.9. The van der Waals surface area contributed by atoms with Gasteiger partial charge in [-0.2, -0.15) is 9.78 Å². The van der Waals surface area contributed by atoms with E-state index in [9.17, 15) is 4.79 Å². The minimum Gasteiger partial charge on any atom is -0.383 e. The summed E-state index contributed by atoms with van der Waals surface area (Å²) in [6, 6.07) is 15.4. The van der Waals surface area contributed by atoms with E-state index in [0.29, 0.717) is 35.3 Å². The van der Waals surface area contributed by atoms with Crippen molar-refractivity contribution in [1.82, 2.24) is 24.9 Å². The van der Waals surface area contributed by atoms with Crippen molar-refractivity contribution in [2.45, 2.75) is 0 Å². The van der Waals surface area contributed by atoms with E-state index in [0.717, 1.165) is 16.5 Å². The number of hydrogen-bond acceptors (Lipinski definition) is 6. The first-order chi connectivity index (χ1) is 15.7. The van der Waals surface area contributed by atoms with Gasteiger partial charge < -0.3 is 20.8 Å². The summed E-state index contributed by atoms with van der Waals surface area (Å²) in [5.74, 6) is -0.184. The van der Waals surface area contributed by atoms with Gasteiger partial charge in [-0.1, -0.05) is 30.3 Å². The highest BCUT2D eigenvalue weighted by atomic mass is 16.5. The van der Waals surface area contributed by atoms with Gasteiger partial charge in [0.05, 0.1) is 23.9 Å². The van der Waals surface area contributed by atoms with Crippen molar-refractivity contribution in [3.8, 4) is 0 Å². The van der Waals surface area contributed by atoms with Crippen LogP contribution in [0.1, 0.15) is 15.9 Å². The standard InChI is InChI=1S/C23H21N7O2/c1-32-11-10-25-23(31)19-20-22(29-18-9-5-4-8-17(18)28-20)30(21(19)24)27-13-14-12-26-16-7-3-2-6-15(14)16/h2-9,12-13,26H,10-11,24H2,1H3,(H,25,31)/b27-13+. The van der Waals surface area contributed by atoms with Gasteiger partial charge in [0.2, 0.25) is 0 Å². The van der Waals surface area contributed by atoms with E-state index in [1.807, 2.05) is 54.7 Å². The zero-order chi connectivity index (χ0) is 22.1. The Morgan fingerprint density at radius 2 is 1.94 bits per heavy atom. The quantitative estimate of drug-likeness (QED) is 0.284. The number of methoxy groups -OCH3 is 1. The van der Waals surface area contributed by atoms with E-state index in [-0.39, 0.29) is 17.3 Å². The number of aromatic nitrogens is 4. The van der Waals surface area contributed by atoms with Crippen molar-refractivity contribution >= 4 is 51.0 Å². The lowest BCUT2D eigenvalue weighted by atomic mass is 10.2. The summed E-state index contributed by atoms with van der Waals surface area (Å²) in [4.78, 5) is 25.5. The third kappa shape index (κ3) is 3.34. The number of nitrogens with one attached hydrogen (secondary N) is 2.